The van der Waals surface area contributed by atoms with Crippen LogP contribution in [0.2, 0.25) is 0 Å². The highest BCUT2D eigenvalue weighted by Crippen LogP contribution is 2.34. The fourth-order valence-electron chi connectivity index (χ4n) is 2.33. The summed E-state index contributed by atoms with van der Waals surface area (Å²) in [4.78, 5) is 0. The van der Waals surface area contributed by atoms with Crippen LogP contribution in [0, 0.1) is 6.92 Å². The second kappa shape index (κ2) is 9.50. The summed E-state index contributed by atoms with van der Waals surface area (Å²) in [5.41, 5.74) is 3.52. The van der Waals surface area contributed by atoms with Crippen LogP contribution in [-0.2, 0) is 13.2 Å². The zero-order valence-electron chi connectivity index (χ0n) is 14.3. The standard InChI is InChI=1S/C20H24BrNO2/c1-4-10-22-13-17-11-19(23-5-2)20(12-18(17)21)24-14-16-9-7-6-8-15(16)3/h4,6-9,11-12,22H,1,5,10,13-14H2,2-3H3. The van der Waals surface area contributed by atoms with Gasteiger partial charge in [0.1, 0.15) is 6.61 Å². The number of hydrogen-bond acceptors (Lipinski definition) is 3. The van der Waals surface area contributed by atoms with Crippen LogP contribution in [0.15, 0.2) is 53.5 Å². The van der Waals surface area contributed by atoms with Gasteiger partial charge in [0.2, 0.25) is 0 Å². The van der Waals surface area contributed by atoms with E-state index in [4.69, 9.17) is 9.47 Å². The Morgan fingerprint density at radius 3 is 2.58 bits per heavy atom. The minimum atomic E-state index is 0.521. The van der Waals surface area contributed by atoms with Crippen molar-refractivity contribution in [2.75, 3.05) is 13.2 Å². The average molecular weight is 390 g/mol. The van der Waals surface area contributed by atoms with Gasteiger partial charge in [0, 0.05) is 17.6 Å². The lowest BCUT2D eigenvalue weighted by molar-refractivity contribution is 0.268. The molecule has 0 aromatic heterocycles. The molecule has 0 spiro atoms. The maximum Gasteiger partial charge on any atom is 0.162 e. The molecule has 2 aromatic rings. The Hall–Kier alpha value is -1.78. The molecule has 3 nitrogen and oxygen atoms in total. The van der Waals surface area contributed by atoms with E-state index in [1.54, 1.807) is 0 Å². The number of hydrogen-bond donors (Lipinski definition) is 1. The first-order valence-electron chi connectivity index (χ1n) is 8.09. The second-order valence-electron chi connectivity index (χ2n) is 5.46. The van der Waals surface area contributed by atoms with Crippen LogP contribution < -0.4 is 14.8 Å². The molecule has 0 saturated heterocycles. The molecule has 2 rings (SSSR count). The van der Waals surface area contributed by atoms with Crippen LogP contribution in [0.1, 0.15) is 23.6 Å². The van der Waals surface area contributed by atoms with E-state index in [-0.39, 0.29) is 0 Å². The monoisotopic (exact) mass is 389 g/mol. The maximum absolute atomic E-state index is 6.03. The summed E-state index contributed by atoms with van der Waals surface area (Å²) in [5, 5.41) is 3.30. The molecule has 0 aliphatic carbocycles. The van der Waals surface area contributed by atoms with Gasteiger partial charge in [-0.25, -0.2) is 0 Å². The fraction of sp³-hybridized carbons (Fsp3) is 0.300. The summed E-state index contributed by atoms with van der Waals surface area (Å²) in [5.74, 6) is 1.52. The summed E-state index contributed by atoms with van der Waals surface area (Å²) in [7, 11) is 0. The molecule has 0 atom stereocenters. The van der Waals surface area contributed by atoms with Gasteiger partial charge < -0.3 is 14.8 Å². The van der Waals surface area contributed by atoms with E-state index >= 15 is 0 Å². The van der Waals surface area contributed by atoms with Gasteiger partial charge in [0.05, 0.1) is 6.61 Å². The van der Waals surface area contributed by atoms with Crippen molar-refractivity contribution in [2.24, 2.45) is 0 Å². The van der Waals surface area contributed by atoms with E-state index in [0.29, 0.717) is 13.2 Å². The van der Waals surface area contributed by atoms with E-state index < -0.39 is 0 Å². The van der Waals surface area contributed by atoms with Crippen LogP contribution in [0.5, 0.6) is 11.5 Å². The van der Waals surface area contributed by atoms with Crippen molar-refractivity contribution >= 4 is 15.9 Å². The van der Waals surface area contributed by atoms with Gasteiger partial charge >= 0.3 is 0 Å². The predicted octanol–water partition coefficient (Wildman–Crippen LogP) is 5.01. The van der Waals surface area contributed by atoms with Crippen molar-refractivity contribution in [1.29, 1.82) is 0 Å². The summed E-state index contributed by atoms with van der Waals surface area (Å²) >= 11 is 3.62. The lowest BCUT2D eigenvalue weighted by Gasteiger charge is -2.16. The molecule has 2 aromatic carbocycles. The van der Waals surface area contributed by atoms with Gasteiger partial charge in [-0.3, -0.25) is 0 Å². The first kappa shape index (κ1) is 18.6. The summed E-state index contributed by atoms with van der Waals surface area (Å²) in [6.07, 6.45) is 1.84. The van der Waals surface area contributed by atoms with Crippen LogP contribution >= 0.6 is 15.9 Å². The van der Waals surface area contributed by atoms with Gasteiger partial charge in [-0.05, 0) is 42.7 Å². The van der Waals surface area contributed by atoms with Crippen molar-refractivity contribution < 1.29 is 9.47 Å². The SMILES string of the molecule is C=CCNCc1cc(OCC)c(OCc2ccccc2C)cc1Br. The molecule has 0 heterocycles. The molecule has 0 bridgehead atoms. The van der Waals surface area contributed by atoms with Gasteiger partial charge in [-0.2, -0.15) is 0 Å². The van der Waals surface area contributed by atoms with E-state index in [9.17, 15) is 0 Å². The van der Waals surface area contributed by atoms with Gasteiger partial charge in [-0.15, -0.1) is 6.58 Å². The summed E-state index contributed by atoms with van der Waals surface area (Å²) in [6, 6.07) is 12.2. The lowest BCUT2D eigenvalue weighted by atomic mass is 10.1. The molecular weight excluding hydrogens is 366 g/mol. The molecule has 0 fully saturated rings. The molecule has 0 aliphatic rings. The Kier molecular flexibility index (Phi) is 7.35. The highest BCUT2D eigenvalue weighted by Gasteiger charge is 2.11. The molecule has 1 N–H and O–H groups in total. The van der Waals surface area contributed by atoms with E-state index in [1.165, 1.54) is 11.1 Å². The molecular formula is C20H24BrNO2. The Morgan fingerprint density at radius 2 is 1.88 bits per heavy atom. The van der Waals surface area contributed by atoms with Gasteiger partial charge in [-0.1, -0.05) is 46.3 Å². The largest absolute Gasteiger partial charge is 0.490 e. The molecule has 24 heavy (non-hydrogen) atoms. The van der Waals surface area contributed by atoms with E-state index in [1.807, 2.05) is 37.3 Å². The zero-order chi connectivity index (χ0) is 17.4. The Bertz CT molecular complexity index is 685. The summed E-state index contributed by atoms with van der Waals surface area (Å²) in [6.45, 7) is 10.4. The van der Waals surface area contributed by atoms with E-state index in [0.717, 1.165) is 34.6 Å². The highest BCUT2D eigenvalue weighted by atomic mass is 79.9. The Balaban J connectivity index is 2.17. The van der Waals surface area contributed by atoms with Crippen LogP contribution in [0.25, 0.3) is 0 Å². The maximum atomic E-state index is 6.03. The second-order valence-corrected chi connectivity index (χ2v) is 6.31. The normalized spacial score (nSPS) is 10.5. The predicted molar refractivity (Wildman–Crippen MR) is 103 cm³/mol. The minimum absolute atomic E-state index is 0.521. The molecule has 0 radical (unpaired) electrons. The molecule has 0 saturated carbocycles. The van der Waals surface area contributed by atoms with Crippen LogP contribution in [0.4, 0.5) is 0 Å². The van der Waals surface area contributed by atoms with Crippen molar-refractivity contribution in [3.8, 4) is 11.5 Å². The summed E-state index contributed by atoms with van der Waals surface area (Å²) < 4.78 is 12.8. The molecule has 0 unspecified atom stereocenters. The number of nitrogens with one attached hydrogen (secondary N) is 1. The molecule has 128 valence electrons. The number of halogens is 1. The van der Waals surface area contributed by atoms with E-state index in [2.05, 4.69) is 46.9 Å². The average Bonchev–Trinajstić information content (AvgIpc) is 2.57. The minimum Gasteiger partial charge on any atom is -0.490 e. The smallest absolute Gasteiger partial charge is 0.162 e. The topological polar surface area (TPSA) is 30.5 Å². The number of benzene rings is 2. The number of rotatable bonds is 9. The number of aryl methyl sites for hydroxylation is 1. The fourth-order valence-corrected chi connectivity index (χ4v) is 2.79. The van der Waals surface area contributed by atoms with Gasteiger partial charge in [0.15, 0.2) is 11.5 Å². The van der Waals surface area contributed by atoms with Crippen molar-refractivity contribution in [2.45, 2.75) is 27.0 Å². The number of ether oxygens (including phenoxy) is 2. The first-order chi connectivity index (χ1) is 11.7. The quantitative estimate of drug-likeness (QED) is 0.482. The Labute approximate surface area is 152 Å². The highest BCUT2D eigenvalue weighted by molar-refractivity contribution is 9.10. The Morgan fingerprint density at radius 1 is 1.12 bits per heavy atom. The van der Waals surface area contributed by atoms with Crippen molar-refractivity contribution in [1.82, 2.24) is 5.32 Å². The molecule has 0 amide bonds. The molecule has 0 aliphatic heterocycles. The van der Waals surface area contributed by atoms with Crippen LogP contribution in [0.3, 0.4) is 0 Å². The van der Waals surface area contributed by atoms with Crippen molar-refractivity contribution in [3.63, 3.8) is 0 Å². The third-order valence-corrected chi connectivity index (χ3v) is 4.40. The lowest BCUT2D eigenvalue weighted by Crippen LogP contribution is -2.13. The van der Waals surface area contributed by atoms with Crippen molar-refractivity contribution in [3.05, 3.63) is 70.2 Å². The zero-order valence-corrected chi connectivity index (χ0v) is 15.9. The first-order valence-corrected chi connectivity index (χ1v) is 8.89. The third kappa shape index (κ3) is 5.11. The van der Waals surface area contributed by atoms with Gasteiger partial charge in [0.25, 0.3) is 0 Å². The third-order valence-electron chi connectivity index (χ3n) is 3.66. The van der Waals surface area contributed by atoms with Crippen LogP contribution in [-0.4, -0.2) is 13.2 Å². The molecule has 4 heteroatoms.